The highest BCUT2D eigenvalue weighted by Crippen LogP contribution is 2.38. The Labute approximate surface area is 189 Å². The van der Waals surface area contributed by atoms with Crippen LogP contribution < -0.4 is 11.1 Å². The lowest BCUT2D eigenvalue weighted by Crippen LogP contribution is -2.70. The van der Waals surface area contributed by atoms with E-state index in [2.05, 4.69) is 10.3 Å². The van der Waals surface area contributed by atoms with Crippen LogP contribution in [0.2, 0.25) is 0 Å². The third-order valence-corrected chi connectivity index (χ3v) is 6.71. The van der Waals surface area contributed by atoms with E-state index in [1.54, 1.807) is 11.5 Å². The number of rotatable bonds is 7. The van der Waals surface area contributed by atoms with Gasteiger partial charge in [-0.15, -0.1) is 23.1 Å². The largest absolute Gasteiger partial charge is 0.456 e. The number of fused-ring (bicyclic) bond motifs is 1. The molecule has 0 radical (unpaired) electrons. The summed E-state index contributed by atoms with van der Waals surface area (Å²) in [7, 11) is 0. The summed E-state index contributed by atoms with van der Waals surface area (Å²) in [6, 6.07) is 4.89. The SMILES string of the molecule is Nc1nc(CC(=O)NC2C(=O)N3C(C(=O)OCc4ccc([N+](=O)[O-])cc4)=CCS[C@H]23)cs1. The molecule has 1 fully saturated rings. The second kappa shape index (κ2) is 8.96. The van der Waals surface area contributed by atoms with Crippen LogP contribution in [0, 0.1) is 10.1 Å². The number of nitrogens with two attached hydrogens (primary N) is 1. The highest BCUT2D eigenvalue weighted by molar-refractivity contribution is 8.00. The maximum Gasteiger partial charge on any atom is 0.355 e. The van der Waals surface area contributed by atoms with E-state index in [-0.39, 0.29) is 30.3 Å². The fourth-order valence-electron chi connectivity index (χ4n) is 3.26. The number of carbonyl (C=O) groups excluding carboxylic acids is 3. The summed E-state index contributed by atoms with van der Waals surface area (Å²) in [5, 5.41) is 15.0. The molecule has 2 aliphatic heterocycles. The first-order valence-corrected chi connectivity index (χ1v) is 11.3. The van der Waals surface area contributed by atoms with Crippen LogP contribution in [-0.2, 0) is 32.1 Å². The van der Waals surface area contributed by atoms with Crippen LogP contribution in [0.25, 0.3) is 0 Å². The van der Waals surface area contributed by atoms with Crippen molar-refractivity contribution in [1.82, 2.24) is 15.2 Å². The quantitative estimate of drug-likeness (QED) is 0.260. The van der Waals surface area contributed by atoms with E-state index in [1.807, 2.05) is 0 Å². The van der Waals surface area contributed by atoms with Gasteiger partial charge in [0.1, 0.15) is 23.7 Å². The number of nitro benzene ring substituents is 1. The van der Waals surface area contributed by atoms with Crippen LogP contribution >= 0.6 is 23.1 Å². The highest BCUT2D eigenvalue weighted by atomic mass is 32.2. The summed E-state index contributed by atoms with van der Waals surface area (Å²) in [5.41, 5.74) is 6.73. The number of thiazole rings is 1. The second-order valence-corrected chi connectivity index (χ2v) is 8.96. The van der Waals surface area contributed by atoms with Crippen molar-refractivity contribution in [2.24, 2.45) is 0 Å². The molecule has 2 atom stereocenters. The molecule has 1 aromatic carbocycles. The molecule has 3 heterocycles. The van der Waals surface area contributed by atoms with Crippen LogP contribution in [0.15, 0.2) is 41.4 Å². The molecular weight excluding hydrogens is 458 g/mol. The Kier molecular flexibility index (Phi) is 6.10. The molecule has 0 spiro atoms. The molecular formula is C19H17N5O6S2. The molecule has 1 saturated heterocycles. The highest BCUT2D eigenvalue weighted by Gasteiger charge is 2.52. The van der Waals surface area contributed by atoms with Gasteiger partial charge in [0.15, 0.2) is 5.13 Å². The Morgan fingerprint density at radius 2 is 2.09 bits per heavy atom. The van der Waals surface area contributed by atoms with Crippen molar-refractivity contribution in [3.05, 3.63) is 62.8 Å². The Morgan fingerprint density at radius 1 is 1.34 bits per heavy atom. The number of non-ortho nitro benzene ring substituents is 1. The van der Waals surface area contributed by atoms with Crippen LogP contribution in [0.1, 0.15) is 11.3 Å². The predicted molar refractivity (Wildman–Crippen MR) is 116 cm³/mol. The number of thioether (sulfide) groups is 1. The lowest BCUT2D eigenvalue weighted by atomic mass is 10.0. The Bertz CT molecular complexity index is 1120. The van der Waals surface area contributed by atoms with Crippen molar-refractivity contribution in [1.29, 1.82) is 0 Å². The zero-order valence-corrected chi connectivity index (χ0v) is 18.1. The van der Waals surface area contributed by atoms with Gasteiger partial charge in [0, 0.05) is 23.3 Å². The molecule has 0 saturated carbocycles. The van der Waals surface area contributed by atoms with Gasteiger partial charge in [0.25, 0.3) is 11.6 Å². The van der Waals surface area contributed by atoms with Gasteiger partial charge in [-0.3, -0.25) is 24.6 Å². The first-order chi connectivity index (χ1) is 15.3. The van der Waals surface area contributed by atoms with Gasteiger partial charge in [0.2, 0.25) is 5.91 Å². The molecule has 1 aromatic heterocycles. The molecule has 13 heteroatoms. The zero-order chi connectivity index (χ0) is 22.8. The molecule has 2 amide bonds. The summed E-state index contributed by atoms with van der Waals surface area (Å²) < 4.78 is 5.28. The van der Waals surface area contributed by atoms with Gasteiger partial charge in [0.05, 0.1) is 17.0 Å². The van der Waals surface area contributed by atoms with Gasteiger partial charge < -0.3 is 15.8 Å². The van der Waals surface area contributed by atoms with Crippen molar-refractivity contribution in [3.8, 4) is 0 Å². The van der Waals surface area contributed by atoms with Crippen LogP contribution in [-0.4, -0.2) is 49.8 Å². The van der Waals surface area contributed by atoms with E-state index < -0.39 is 28.2 Å². The number of nitrogen functional groups attached to an aromatic ring is 1. The fourth-order valence-corrected chi connectivity index (χ4v) is 5.02. The van der Waals surface area contributed by atoms with Crippen molar-refractivity contribution in [2.45, 2.75) is 24.4 Å². The summed E-state index contributed by atoms with van der Waals surface area (Å²) >= 11 is 2.66. The fraction of sp³-hybridized carbons (Fsp3) is 0.263. The molecule has 2 aliphatic rings. The molecule has 11 nitrogen and oxygen atoms in total. The lowest BCUT2D eigenvalue weighted by molar-refractivity contribution is -0.384. The van der Waals surface area contributed by atoms with Crippen molar-refractivity contribution in [2.75, 3.05) is 11.5 Å². The maximum atomic E-state index is 12.6. The number of amides is 2. The third kappa shape index (κ3) is 4.43. The van der Waals surface area contributed by atoms with Gasteiger partial charge >= 0.3 is 5.97 Å². The number of hydrogen-bond donors (Lipinski definition) is 2. The monoisotopic (exact) mass is 475 g/mol. The van der Waals surface area contributed by atoms with Gasteiger partial charge in [-0.25, -0.2) is 9.78 Å². The van der Waals surface area contributed by atoms with Crippen LogP contribution in [0.3, 0.4) is 0 Å². The first kappa shape index (κ1) is 21.8. The minimum absolute atomic E-state index is 0.00877. The topological polar surface area (TPSA) is 158 Å². The van der Waals surface area contributed by atoms with Crippen LogP contribution in [0.5, 0.6) is 0 Å². The molecule has 4 rings (SSSR count). The average molecular weight is 476 g/mol. The maximum absolute atomic E-state index is 12.6. The summed E-state index contributed by atoms with van der Waals surface area (Å²) in [6.07, 6.45) is 1.61. The van der Waals surface area contributed by atoms with Gasteiger partial charge in [-0.2, -0.15) is 0 Å². The third-order valence-electron chi connectivity index (χ3n) is 4.80. The molecule has 166 valence electrons. The second-order valence-electron chi connectivity index (χ2n) is 6.92. The summed E-state index contributed by atoms with van der Waals surface area (Å²) in [4.78, 5) is 53.0. The number of β-lactam (4-membered cyclic amide) rings is 1. The van der Waals surface area contributed by atoms with E-state index in [4.69, 9.17) is 10.5 Å². The molecule has 1 unspecified atom stereocenters. The molecule has 3 N–H and O–H groups in total. The predicted octanol–water partition coefficient (Wildman–Crippen LogP) is 1.20. The molecule has 0 aliphatic carbocycles. The number of nitro groups is 1. The number of anilines is 1. The first-order valence-electron chi connectivity index (χ1n) is 9.38. The number of ether oxygens (including phenoxy) is 1. The van der Waals surface area contributed by atoms with E-state index >= 15 is 0 Å². The standard InChI is InChI=1S/C19H17N5O6S2/c20-19-21-11(9-32-19)7-14(25)22-15-16(26)23-13(5-6-31-17(15)23)18(27)30-8-10-1-3-12(4-2-10)24(28)29/h1-5,9,15,17H,6-8H2,(H2,20,21)(H,22,25)/t15?,17-/m1/s1. The molecule has 0 bridgehead atoms. The van der Waals surface area contributed by atoms with Crippen LogP contribution in [0.4, 0.5) is 10.8 Å². The van der Waals surface area contributed by atoms with Gasteiger partial charge in [-0.05, 0) is 23.8 Å². The summed E-state index contributed by atoms with van der Waals surface area (Å²) in [6.45, 7) is -0.0923. The number of aromatic nitrogens is 1. The minimum atomic E-state index is -0.741. The Morgan fingerprint density at radius 3 is 2.75 bits per heavy atom. The average Bonchev–Trinajstić information content (AvgIpc) is 3.19. The van der Waals surface area contributed by atoms with Crippen molar-refractivity contribution in [3.63, 3.8) is 0 Å². The number of nitrogens with zero attached hydrogens (tertiary/aromatic N) is 3. The van der Waals surface area contributed by atoms with E-state index in [1.165, 1.54) is 52.3 Å². The Balaban J connectivity index is 1.33. The number of nitrogens with one attached hydrogen (secondary N) is 1. The van der Waals surface area contributed by atoms with E-state index in [9.17, 15) is 24.5 Å². The van der Waals surface area contributed by atoms with Crippen molar-refractivity contribution < 1.29 is 24.0 Å². The zero-order valence-electron chi connectivity index (χ0n) is 16.4. The smallest absolute Gasteiger partial charge is 0.355 e. The Hall–Kier alpha value is -3.45. The lowest BCUT2D eigenvalue weighted by Gasteiger charge is -2.48. The minimum Gasteiger partial charge on any atom is -0.456 e. The van der Waals surface area contributed by atoms with E-state index in [0.717, 1.165) is 0 Å². The van der Waals surface area contributed by atoms with E-state index in [0.29, 0.717) is 22.1 Å². The number of esters is 1. The summed E-state index contributed by atoms with van der Waals surface area (Å²) in [5.74, 6) is -0.951. The number of carbonyl (C=O) groups is 3. The molecule has 2 aromatic rings. The normalized spacial score (nSPS) is 19.4. The van der Waals surface area contributed by atoms with Gasteiger partial charge in [-0.1, -0.05) is 0 Å². The number of hydrogen-bond acceptors (Lipinski definition) is 10. The number of benzene rings is 1. The van der Waals surface area contributed by atoms with Crippen molar-refractivity contribution >= 4 is 51.7 Å². The molecule has 32 heavy (non-hydrogen) atoms.